The monoisotopic (exact) mass is 400 g/mol. The topological polar surface area (TPSA) is 66.5 Å². The Bertz CT molecular complexity index is 806. The Hall–Kier alpha value is -1.41. The number of halogens is 1. The standard InChI is InChI=1S/C17H21ClN2O3S2/c1-3-13(14-7-5-4-6-8-14)11-19-16(21)12-20(2)25(22,23)17-10-9-15(18)24-17/h4-10,13H,3,11-12H2,1-2H3,(H,19,21). The Kier molecular flexibility index (Phi) is 7.01. The number of amides is 1. The molecule has 0 spiro atoms. The highest BCUT2D eigenvalue weighted by molar-refractivity contribution is 7.91. The normalized spacial score (nSPS) is 13.0. The maximum Gasteiger partial charge on any atom is 0.252 e. The molecule has 1 N–H and O–H groups in total. The molecule has 1 aromatic carbocycles. The molecule has 0 saturated carbocycles. The minimum atomic E-state index is -3.70. The zero-order chi connectivity index (χ0) is 18.4. The summed E-state index contributed by atoms with van der Waals surface area (Å²) < 4.78 is 26.3. The van der Waals surface area contributed by atoms with Gasteiger partial charge < -0.3 is 5.32 Å². The van der Waals surface area contributed by atoms with Gasteiger partial charge in [0.05, 0.1) is 10.9 Å². The number of hydrogen-bond acceptors (Lipinski definition) is 4. The number of benzene rings is 1. The summed E-state index contributed by atoms with van der Waals surface area (Å²) in [5, 5.41) is 2.82. The molecule has 1 atom stereocenters. The van der Waals surface area contributed by atoms with Crippen LogP contribution in [-0.4, -0.2) is 38.8 Å². The van der Waals surface area contributed by atoms with Crippen LogP contribution >= 0.6 is 22.9 Å². The highest BCUT2D eigenvalue weighted by Gasteiger charge is 2.24. The third-order valence-electron chi connectivity index (χ3n) is 3.89. The van der Waals surface area contributed by atoms with Gasteiger partial charge in [-0.05, 0) is 24.1 Å². The first-order valence-electron chi connectivity index (χ1n) is 7.88. The molecule has 0 saturated heterocycles. The molecule has 0 radical (unpaired) electrons. The predicted molar refractivity (Wildman–Crippen MR) is 102 cm³/mol. The third kappa shape index (κ3) is 5.28. The van der Waals surface area contributed by atoms with Gasteiger partial charge in [0.15, 0.2) is 0 Å². The lowest BCUT2D eigenvalue weighted by Gasteiger charge is -2.19. The van der Waals surface area contributed by atoms with Crippen LogP contribution in [0.25, 0.3) is 0 Å². The van der Waals surface area contributed by atoms with Crippen molar-refractivity contribution in [1.29, 1.82) is 0 Å². The summed E-state index contributed by atoms with van der Waals surface area (Å²) in [6.07, 6.45) is 0.881. The second-order valence-electron chi connectivity index (χ2n) is 5.64. The Morgan fingerprint density at radius 1 is 1.24 bits per heavy atom. The SMILES string of the molecule is CCC(CNC(=O)CN(C)S(=O)(=O)c1ccc(Cl)s1)c1ccccc1. The van der Waals surface area contributed by atoms with E-state index in [1.807, 2.05) is 30.3 Å². The van der Waals surface area contributed by atoms with Gasteiger partial charge in [-0.15, -0.1) is 11.3 Å². The number of nitrogens with one attached hydrogen (secondary N) is 1. The van der Waals surface area contributed by atoms with Crippen molar-refractivity contribution in [2.45, 2.75) is 23.5 Å². The van der Waals surface area contributed by atoms with Crippen LogP contribution in [0.3, 0.4) is 0 Å². The van der Waals surface area contributed by atoms with E-state index in [-0.39, 0.29) is 22.6 Å². The maximum absolute atomic E-state index is 12.4. The van der Waals surface area contributed by atoms with E-state index in [9.17, 15) is 13.2 Å². The molecule has 1 unspecified atom stereocenters. The van der Waals surface area contributed by atoms with Crippen molar-refractivity contribution in [3.05, 3.63) is 52.4 Å². The number of carbonyl (C=O) groups is 1. The van der Waals surface area contributed by atoms with Gasteiger partial charge in [-0.25, -0.2) is 8.42 Å². The number of rotatable bonds is 8. The minimum Gasteiger partial charge on any atom is -0.354 e. The van der Waals surface area contributed by atoms with E-state index in [1.165, 1.54) is 19.2 Å². The lowest BCUT2D eigenvalue weighted by molar-refractivity contribution is -0.121. The minimum absolute atomic E-state index is 0.128. The zero-order valence-corrected chi connectivity index (χ0v) is 16.5. The Labute approximate surface area is 157 Å². The van der Waals surface area contributed by atoms with Gasteiger partial charge in [-0.1, -0.05) is 48.9 Å². The predicted octanol–water partition coefficient (Wildman–Crippen LogP) is 3.33. The fourth-order valence-corrected chi connectivity index (χ4v) is 5.21. The molecule has 5 nitrogen and oxygen atoms in total. The highest BCUT2D eigenvalue weighted by atomic mass is 35.5. The van der Waals surface area contributed by atoms with Gasteiger partial charge in [-0.3, -0.25) is 4.79 Å². The molecule has 0 aliphatic rings. The van der Waals surface area contributed by atoms with E-state index in [4.69, 9.17) is 11.6 Å². The first-order valence-corrected chi connectivity index (χ1v) is 10.5. The number of carbonyl (C=O) groups excluding carboxylic acids is 1. The third-order valence-corrected chi connectivity index (χ3v) is 7.39. The average Bonchev–Trinajstić information content (AvgIpc) is 3.03. The highest BCUT2D eigenvalue weighted by Crippen LogP contribution is 2.27. The van der Waals surface area contributed by atoms with Gasteiger partial charge in [0.2, 0.25) is 5.91 Å². The molecule has 25 heavy (non-hydrogen) atoms. The summed E-state index contributed by atoms with van der Waals surface area (Å²) in [5.74, 6) is -0.133. The summed E-state index contributed by atoms with van der Waals surface area (Å²) in [6, 6.07) is 12.9. The largest absolute Gasteiger partial charge is 0.354 e. The molecule has 1 amide bonds. The molecule has 0 aliphatic heterocycles. The van der Waals surface area contributed by atoms with E-state index in [1.54, 1.807) is 0 Å². The molecule has 0 bridgehead atoms. The van der Waals surface area contributed by atoms with E-state index < -0.39 is 10.0 Å². The van der Waals surface area contributed by atoms with Gasteiger partial charge in [0.1, 0.15) is 4.21 Å². The van der Waals surface area contributed by atoms with Gasteiger partial charge >= 0.3 is 0 Å². The maximum atomic E-state index is 12.4. The second-order valence-corrected chi connectivity index (χ2v) is 9.63. The van der Waals surface area contributed by atoms with Gasteiger partial charge in [0, 0.05) is 19.5 Å². The van der Waals surface area contributed by atoms with Crippen molar-refractivity contribution in [2.24, 2.45) is 0 Å². The van der Waals surface area contributed by atoms with Crippen molar-refractivity contribution in [1.82, 2.24) is 9.62 Å². The number of likely N-dealkylation sites (N-methyl/N-ethyl adjacent to an activating group) is 1. The van der Waals surface area contributed by atoms with E-state index in [0.29, 0.717) is 10.9 Å². The zero-order valence-electron chi connectivity index (χ0n) is 14.1. The Balaban J connectivity index is 1.93. The van der Waals surface area contributed by atoms with E-state index >= 15 is 0 Å². The number of sulfonamides is 1. The van der Waals surface area contributed by atoms with Crippen molar-refractivity contribution in [3.63, 3.8) is 0 Å². The Morgan fingerprint density at radius 2 is 1.92 bits per heavy atom. The van der Waals surface area contributed by atoms with Crippen LogP contribution in [0.1, 0.15) is 24.8 Å². The van der Waals surface area contributed by atoms with Crippen LogP contribution in [0.15, 0.2) is 46.7 Å². The van der Waals surface area contributed by atoms with Gasteiger partial charge in [0.25, 0.3) is 10.0 Å². The first-order chi connectivity index (χ1) is 11.8. The van der Waals surface area contributed by atoms with Crippen molar-refractivity contribution < 1.29 is 13.2 Å². The van der Waals surface area contributed by atoms with Crippen molar-refractivity contribution in [2.75, 3.05) is 20.1 Å². The number of thiophene rings is 1. The van der Waals surface area contributed by atoms with E-state index in [2.05, 4.69) is 12.2 Å². The quantitative estimate of drug-likeness (QED) is 0.739. The second kappa shape index (κ2) is 8.80. The molecule has 8 heteroatoms. The smallest absolute Gasteiger partial charge is 0.252 e. The summed E-state index contributed by atoms with van der Waals surface area (Å²) in [7, 11) is -2.32. The van der Waals surface area contributed by atoms with Crippen LogP contribution in [0.4, 0.5) is 0 Å². The van der Waals surface area contributed by atoms with E-state index in [0.717, 1.165) is 27.6 Å². The molecular formula is C17H21ClN2O3S2. The molecule has 1 heterocycles. The molecular weight excluding hydrogens is 380 g/mol. The lowest BCUT2D eigenvalue weighted by atomic mass is 9.96. The van der Waals surface area contributed by atoms with Crippen molar-refractivity contribution in [3.8, 4) is 0 Å². The van der Waals surface area contributed by atoms with Crippen LogP contribution in [0.5, 0.6) is 0 Å². The van der Waals surface area contributed by atoms with Crippen LogP contribution in [0, 0.1) is 0 Å². The molecule has 0 aliphatic carbocycles. The van der Waals surface area contributed by atoms with Crippen LogP contribution in [-0.2, 0) is 14.8 Å². The Morgan fingerprint density at radius 3 is 2.48 bits per heavy atom. The molecule has 1 aromatic heterocycles. The fraction of sp³-hybridized carbons (Fsp3) is 0.353. The summed E-state index contributed by atoms with van der Waals surface area (Å²) in [6.45, 7) is 2.29. The summed E-state index contributed by atoms with van der Waals surface area (Å²) in [4.78, 5) is 12.1. The first kappa shape index (κ1) is 19.9. The lowest BCUT2D eigenvalue weighted by Crippen LogP contribution is -2.39. The molecule has 0 fully saturated rings. The number of nitrogens with zero attached hydrogens (tertiary/aromatic N) is 1. The van der Waals surface area contributed by atoms with Crippen molar-refractivity contribution >= 4 is 38.9 Å². The summed E-state index contributed by atoms with van der Waals surface area (Å²) in [5.41, 5.74) is 1.15. The average molecular weight is 401 g/mol. The summed E-state index contributed by atoms with van der Waals surface area (Å²) >= 11 is 6.77. The van der Waals surface area contributed by atoms with Crippen LogP contribution < -0.4 is 5.32 Å². The molecule has 2 aromatic rings. The fourth-order valence-electron chi connectivity index (χ4n) is 2.39. The van der Waals surface area contributed by atoms with Crippen LogP contribution in [0.2, 0.25) is 4.34 Å². The molecule has 2 rings (SSSR count). The van der Waals surface area contributed by atoms with Gasteiger partial charge in [-0.2, -0.15) is 4.31 Å². The number of hydrogen-bond donors (Lipinski definition) is 1. The molecule has 136 valence electrons.